The van der Waals surface area contributed by atoms with Gasteiger partial charge >= 0.3 is 5.69 Å². The van der Waals surface area contributed by atoms with Crippen LogP contribution in [-0.2, 0) is 4.74 Å². The molecule has 1 unspecified atom stereocenters. The smallest absolute Gasteiger partial charge is 0.310 e. The van der Waals surface area contributed by atoms with Crippen LogP contribution in [0.15, 0.2) is 48.5 Å². The van der Waals surface area contributed by atoms with Crippen molar-refractivity contribution in [3.63, 3.8) is 0 Å². The molecule has 7 nitrogen and oxygen atoms in total. The number of phenols is 1. The molecule has 23 heavy (non-hydrogen) atoms. The standard InChI is InChI=1S/C16H16N2O5/c1-23-15(11-5-3-2-4-6-11)10-17-16(20)12-7-8-13(18(21)22)14(19)9-12/h2-9,15,19H,10H2,1H3,(H,17,20). The van der Waals surface area contributed by atoms with Crippen molar-refractivity contribution in [2.24, 2.45) is 0 Å². The van der Waals surface area contributed by atoms with Gasteiger partial charge in [0, 0.05) is 25.3 Å². The van der Waals surface area contributed by atoms with E-state index in [0.29, 0.717) is 0 Å². The molecule has 0 aliphatic heterocycles. The molecule has 0 aliphatic carbocycles. The minimum Gasteiger partial charge on any atom is -0.502 e. The normalized spacial score (nSPS) is 11.7. The Hall–Kier alpha value is -2.93. The van der Waals surface area contributed by atoms with Crippen molar-refractivity contribution in [2.45, 2.75) is 6.10 Å². The Bertz CT molecular complexity index is 703. The van der Waals surface area contributed by atoms with E-state index >= 15 is 0 Å². The van der Waals surface area contributed by atoms with Crippen LogP contribution in [0.3, 0.4) is 0 Å². The third kappa shape index (κ3) is 4.04. The molecule has 0 spiro atoms. The van der Waals surface area contributed by atoms with Gasteiger partial charge in [0.1, 0.15) is 0 Å². The molecule has 0 saturated heterocycles. The fourth-order valence-electron chi connectivity index (χ4n) is 2.11. The van der Waals surface area contributed by atoms with E-state index in [4.69, 9.17) is 4.74 Å². The molecule has 120 valence electrons. The van der Waals surface area contributed by atoms with E-state index in [1.165, 1.54) is 6.07 Å². The predicted octanol–water partition coefficient (Wildman–Crippen LogP) is 2.42. The van der Waals surface area contributed by atoms with Crippen molar-refractivity contribution in [3.05, 3.63) is 69.8 Å². The number of ether oxygens (including phenoxy) is 1. The lowest BCUT2D eigenvalue weighted by atomic mass is 10.1. The molecule has 0 fully saturated rings. The Balaban J connectivity index is 2.04. The number of carbonyl (C=O) groups excluding carboxylic acids is 1. The molecule has 0 aliphatic rings. The van der Waals surface area contributed by atoms with Crippen LogP contribution in [0, 0.1) is 10.1 Å². The summed E-state index contributed by atoms with van der Waals surface area (Å²) in [5, 5.41) is 22.9. The zero-order valence-electron chi connectivity index (χ0n) is 12.4. The Morgan fingerprint density at radius 3 is 2.57 bits per heavy atom. The number of carbonyl (C=O) groups is 1. The number of phenolic OH excluding ortho intramolecular Hbond substituents is 1. The van der Waals surface area contributed by atoms with Crippen LogP contribution in [0.5, 0.6) is 5.75 Å². The number of nitro benzene ring substituents is 1. The van der Waals surface area contributed by atoms with Crippen LogP contribution in [-0.4, -0.2) is 29.6 Å². The van der Waals surface area contributed by atoms with Crippen LogP contribution in [0.1, 0.15) is 22.0 Å². The van der Waals surface area contributed by atoms with Crippen LogP contribution < -0.4 is 5.32 Å². The summed E-state index contributed by atoms with van der Waals surface area (Å²) in [7, 11) is 1.54. The summed E-state index contributed by atoms with van der Waals surface area (Å²) < 4.78 is 5.34. The van der Waals surface area contributed by atoms with Gasteiger partial charge in [-0.3, -0.25) is 14.9 Å². The van der Waals surface area contributed by atoms with Gasteiger partial charge in [-0.15, -0.1) is 0 Å². The molecule has 2 aromatic rings. The van der Waals surface area contributed by atoms with Crippen molar-refractivity contribution >= 4 is 11.6 Å². The number of aromatic hydroxyl groups is 1. The number of benzene rings is 2. The molecule has 0 heterocycles. The molecular formula is C16H16N2O5. The summed E-state index contributed by atoms with van der Waals surface area (Å²) in [4.78, 5) is 22.0. The Morgan fingerprint density at radius 2 is 2.00 bits per heavy atom. The van der Waals surface area contributed by atoms with Crippen LogP contribution in [0.4, 0.5) is 5.69 Å². The van der Waals surface area contributed by atoms with Crippen LogP contribution >= 0.6 is 0 Å². The van der Waals surface area contributed by atoms with Gasteiger partial charge in [0.05, 0.1) is 11.0 Å². The SMILES string of the molecule is COC(CNC(=O)c1ccc([N+](=O)[O-])c(O)c1)c1ccccc1. The summed E-state index contributed by atoms with van der Waals surface area (Å²) >= 11 is 0. The first-order chi connectivity index (χ1) is 11.0. The second-order valence-corrected chi connectivity index (χ2v) is 4.81. The largest absolute Gasteiger partial charge is 0.502 e. The minimum atomic E-state index is -0.715. The Kier molecular flexibility index (Phi) is 5.27. The fourth-order valence-corrected chi connectivity index (χ4v) is 2.11. The van der Waals surface area contributed by atoms with Gasteiger partial charge in [0.25, 0.3) is 5.91 Å². The number of hydrogen-bond acceptors (Lipinski definition) is 5. The first-order valence-corrected chi connectivity index (χ1v) is 6.86. The van der Waals surface area contributed by atoms with Crippen molar-refractivity contribution in [3.8, 4) is 5.75 Å². The summed E-state index contributed by atoms with van der Waals surface area (Å²) in [5.41, 5.74) is 0.610. The van der Waals surface area contributed by atoms with Gasteiger partial charge in [-0.2, -0.15) is 0 Å². The Morgan fingerprint density at radius 1 is 1.30 bits per heavy atom. The van der Waals surface area contributed by atoms with Crippen molar-refractivity contribution in [2.75, 3.05) is 13.7 Å². The summed E-state index contributed by atoms with van der Waals surface area (Å²) in [5.74, 6) is -0.998. The van der Waals surface area contributed by atoms with Crippen molar-refractivity contribution < 1.29 is 19.6 Å². The van der Waals surface area contributed by atoms with E-state index in [-0.39, 0.29) is 18.2 Å². The quantitative estimate of drug-likeness (QED) is 0.629. The number of hydrogen-bond donors (Lipinski definition) is 2. The topological polar surface area (TPSA) is 102 Å². The zero-order chi connectivity index (χ0) is 16.8. The summed E-state index contributed by atoms with van der Waals surface area (Å²) in [6.07, 6.45) is -0.313. The van der Waals surface area contributed by atoms with Gasteiger partial charge in [-0.1, -0.05) is 30.3 Å². The van der Waals surface area contributed by atoms with Crippen LogP contribution in [0.2, 0.25) is 0 Å². The van der Waals surface area contributed by atoms with E-state index in [2.05, 4.69) is 5.32 Å². The van der Waals surface area contributed by atoms with Gasteiger partial charge in [-0.05, 0) is 17.7 Å². The molecule has 2 N–H and O–H groups in total. The molecule has 2 rings (SSSR count). The second kappa shape index (κ2) is 7.37. The van der Waals surface area contributed by atoms with E-state index < -0.39 is 22.3 Å². The zero-order valence-corrected chi connectivity index (χ0v) is 12.4. The molecule has 0 saturated carbocycles. The van der Waals surface area contributed by atoms with Gasteiger partial charge < -0.3 is 15.2 Å². The maximum absolute atomic E-state index is 12.1. The average Bonchev–Trinajstić information content (AvgIpc) is 2.55. The molecule has 0 bridgehead atoms. The first-order valence-electron chi connectivity index (χ1n) is 6.86. The lowest BCUT2D eigenvalue weighted by molar-refractivity contribution is -0.385. The Labute approximate surface area is 132 Å². The second-order valence-electron chi connectivity index (χ2n) is 4.81. The highest BCUT2D eigenvalue weighted by Gasteiger charge is 2.17. The molecule has 2 aromatic carbocycles. The lowest BCUT2D eigenvalue weighted by Crippen LogP contribution is -2.29. The number of nitrogens with zero attached hydrogens (tertiary/aromatic N) is 1. The first kappa shape index (κ1) is 16.4. The van der Waals surface area contributed by atoms with Gasteiger partial charge in [-0.25, -0.2) is 0 Å². The minimum absolute atomic E-state index is 0.135. The number of nitro groups is 1. The highest BCUT2D eigenvalue weighted by molar-refractivity contribution is 5.95. The highest BCUT2D eigenvalue weighted by Crippen LogP contribution is 2.26. The predicted molar refractivity (Wildman–Crippen MR) is 83.3 cm³/mol. The molecule has 7 heteroatoms. The van der Waals surface area contributed by atoms with Crippen LogP contribution in [0.25, 0.3) is 0 Å². The van der Waals surface area contributed by atoms with E-state index in [1.807, 2.05) is 30.3 Å². The maximum atomic E-state index is 12.1. The molecular weight excluding hydrogens is 300 g/mol. The van der Waals surface area contributed by atoms with Gasteiger partial charge in [0.2, 0.25) is 0 Å². The fraction of sp³-hybridized carbons (Fsp3) is 0.188. The van der Waals surface area contributed by atoms with E-state index in [0.717, 1.165) is 17.7 Å². The number of methoxy groups -OCH3 is 1. The van der Waals surface area contributed by atoms with E-state index in [9.17, 15) is 20.0 Å². The maximum Gasteiger partial charge on any atom is 0.310 e. The monoisotopic (exact) mass is 316 g/mol. The van der Waals surface area contributed by atoms with Gasteiger partial charge in [0.15, 0.2) is 5.75 Å². The molecule has 0 aromatic heterocycles. The molecule has 1 amide bonds. The lowest BCUT2D eigenvalue weighted by Gasteiger charge is -2.16. The number of rotatable bonds is 6. The average molecular weight is 316 g/mol. The summed E-state index contributed by atoms with van der Waals surface area (Å²) in [6, 6.07) is 12.9. The highest BCUT2D eigenvalue weighted by atomic mass is 16.6. The third-order valence-electron chi connectivity index (χ3n) is 3.34. The third-order valence-corrected chi connectivity index (χ3v) is 3.34. The molecule has 1 atom stereocenters. The molecule has 0 radical (unpaired) electrons. The van der Waals surface area contributed by atoms with Crippen molar-refractivity contribution in [1.82, 2.24) is 5.32 Å². The van der Waals surface area contributed by atoms with Crippen molar-refractivity contribution in [1.29, 1.82) is 0 Å². The van der Waals surface area contributed by atoms with E-state index in [1.54, 1.807) is 7.11 Å². The number of nitrogens with one attached hydrogen (secondary N) is 1. The summed E-state index contributed by atoms with van der Waals surface area (Å²) in [6.45, 7) is 0.233. The number of amides is 1.